The van der Waals surface area contributed by atoms with Gasteiger partial charge in [0.15, 0.2) is 11.5 Å². The standard InChI is InChI=1S/C34H23ClN2O7/c1-40-30-15-21(8-13-28(30)41-18-19-6-9-22(35)10-7-19)31-24-12-11-23(16-29(24)43-32(37)26(31)17-36)42-33(38)25-14-20-4-2-3-5-27(20)44-34(25)39/h2-16,31H,18,37H2,1H3. The molecule has 0 fully saturated rings. The molecule has 6 rings (SSSR count). The predicted molar refractivity (Wildman–Crippen MR) is 162 cm³/mol. The van der Waals surface area contributed by atoms with Crippen molar-refractivity contribution in [3.8, 4) is 29.1 Å². The molecule has 2 heterocycles. The molecule has 0 radical (unpaired) electrons. The van der Waals surface area contributed by atoms with Gasteiger partial charge in [0.25, 0.3) is 0 Å². The SMILES string of the molecule is COc1cc(C2C(C#N)=C(N)Oc3cc(OC(=O)c4cc5ccccc5oc4=O)ccc32)ccc1OCc1ccc(Cl)cc1. The highest BCUT2D eigenvalue weighted by molar-refractivity contribution is 6.30. The van der Waals surface area contributed by atoms with E-state index in [0.717, 1.165) is 5.56 Å². The van der Waals surface area contributed by atoms with Gasteiger partial charge in [-0.1, -0.05) is 54.1 Å². The summed E-state index contributed by atoms with van der Waals surface area (Å²) in [5, 5.41) is 11.2. The number of halogens is 1. The second-order valence-electron chi connectivity index (χ2n) is 9.82. The van der Waals surface area contributed by atoms with Crippen molar-refractivity contribution >= 4 is 28.5 Å². The Morgan fingerprint density at radius 3 is 2.57 bits per heavy atom. The summed E-state index contributed by atoms with van der Waals surface area (Å²) in [6.07, 6.45) is 0. The summed E-state index contributed by atoms with van der Waals surface area (Å²) in [6, 6.07) is 27.8. The first-order chi connectivity index (χ1) is 21.3. The van der Waals surface area contributed by atoms with Gasteiger partial charge in [0.2, 0.25) is 5.88 Å². The van der Waals surface area contributed by atoms with Crippen LogP contribution in [0.4, 0.5) is 0 Å². The molecule has 44 heavy (non-hydrogen) atoms. The number of nitrogens with two attached hydrogens (primary N) is 1. The van der Waals surface area contributed by atoms with Crippen LogP contribution in [0.25, 0.3) is 11.0 Å². The Morgan fingerprint density at radius 1 is 1.00 bits per heavy atom. The van der Waals surface area contributed by atoms with E-state index >= 15 is 0 Å². The van der Waals surface area contributed by atoms with Crippen molar-refractivity contribution in [2.24, 2.45) is 5.73 Å². The highest BCUT2D eigenvalue weighted by atomic mass is 35.5. The average Bonchev–Trinajstić information content (AvgIpc) is 3.03. The van der Waals surface area contributed by atoms with Crippen LogP contribution in [-0.2, 0) is 6.61 Å². The largest absolute Gasteiger partial charge is 0.493 e. The number of carbonyl (C=O) groups is 1. The fraction of sp³-hybridized carbons (Fsp3) is 0.0882. The highest BCUT2D eigenvalue weighted by Gasteiger charge is 2.32. The van der Waals surface area contributed by atoms with Gasteiger partial charge in [0, 0.05) is 22.0 Å². The molecule has 0 aliphatic carbocycles. The number of esters is 1. The molecule has 1 unspecified atom stereocenters. The second kappa shape index (κ2) is 11.9. The average molecular weight is 607 g/mol. The van der Waals surface area contributed by atoms with Gasteiger partial charge in [0.05, 0.1) is 13.0 Å². The molecule has 1 aliphatic heterocycles. The maximum Gasteiger partial charge on any atom is 0.351 e. The molecule has 0 saturated carbocycles. The Morgan fingerprint density at radius 2 is 1.80 bits per heavy atom. The van der Waals surface area contributed by atoms with Crippen LogP contribution in [0.1, 0.15) is 33.0 Å². The molecule has 0 spiro atoms. The number of hydrogen-bond acceptors (Lipinski definition) is 9. The van der Waals surface area contributed by atoms with Crippen LogP contribution >= 0.6 is 11.6 Å². The van der Waals surface area contributed by atoms with Crippen LogP contribution in [0.2, 0.25) is 5.02 Å². The molecule has 4 aromatic carbocycles. The number of fused-ring (bicyclic) bond motifs is 2. The van der Waals surface area contributed by atoms with E-state index in [1.807, 2.05) is 18.2 Å². The number of benzene rings is 4. The molecule has 1 aliphatic rings. The summed E-state index contributed by atoms with van der Waals surface area (Å²) in [7, 11) is 1.53. The summed E-state index contributed by atoms with van der Waals surface area (Å²) in [5.41, 5.74) is 7.90. The highest BCUT2D eigenvalue weighted by Crippen LogP contribution is 2.45. The van der Waals surface area contributed by atoms with Crippen molar-refractivity contribution in [1.82, 2.24) is 0 Å². The van der Waals surface area contributed by atoms with E-state index in [4.69, 9.17) is 40.7 Å². The lowest BCUT2D eigenvalue weighted by molar-refractivity contribution is 0.0730. The molecular formula is C34H23ClN2O7. The van der Waals surface area contributed by atoms with Crippen LogP contribution in [-0.4, -0.2) is 13.1 Å². The minimum Gasteiger partial charge on any atom is -0.493 e. The van der Waals surface area contributed by atoms with Crippen LogP contribution in [0.3, 0.4) is 0 Å². The van der Waals surface area contributed by atoms with E-state index in [-0.39, 0.29) is 28.5 Å². The third-order valence-corrected chi connectivity index (χ3v) is 7.34. The molecule has 1 atom stereocenters. The van der Waals surface area contributed by atoms with Crippen molar-refractivity contribution in [2.45, 2.75) is 12.5 Å². The topological polar surface area (TPSA) is 134 Å². The quantitative estimate of drug-likeness (QED) is 0.126. The first-order valence-electron chi connectivity index (χ1n) is 13.4. The van der Waals surface area contributed by atoms with Gasteiger partial charge in [-0.05, 0) is 53.6 Å². The molecule has 10 heteroatoms. The third kappa shape index (κ3) is 5.54. The fourth-order valence-electron chi connectivity index (χ4n) is 4.93. The number of nitriles is 1. The Hall–Kier alpha value is -5.72. The number of methoxy groups -OCH3 is 1. The minimum absolute atomic E-state index is 0.0920. The predicted octanol–water partition coefficient (Wildman–Crippen LogP) is 6.47. The van der Waals surface area contributed by atoms with E-state index in [0.29, 0.717) is 45.2 Å². The Bertz CT molecular complexity index is 2040. The van der Waals surface area contributed by atoms with Gasteiger partial charge in [0.1, 0.15) is 40.9 Å². The summed E-state index contributed by atoms with van der Waals surface area (Å²) < 4.78 is 28.1. The van der Waals surface area contributed by atoms with Crippen LogP contribution < -0.4 is 30.3 Å². The zero-order chi connectivity index (χ0) is 30.8. The number of carbonyl (C=O) groups excluding carboxylic acids is 1. The van der Waals surface area contributed by atoms with Gasteiger partial charge in [-0.25, -0.2) is 9.59 Å². The number of nitrogens with zero attached hydrogens (tertiary/aromatic N) is 1. The van der Waals surface area contributed by atoms with E-state index in [9.17, 15) is 14.9 Å². The number of allylic oxidation sites excluding steroid dienone is 1. The molecule has 5 aromatic rings. The van der Waals surface area contributed by atoms with Crippen LogP contribution in [0.15, 0.2) is 112 Å². The molecule has 0 amide bonds. The maximum absolute atomic E-state index is 12.9. The zero-order valence-corrected chi connectivity index (χ0v) is 24.0. The Labute approximate surface area is 256 Å². The Balaban J connectivity index is 1.28. The van der Waals surface area contributed by atoms with E-state index in [1.165, 1.54) is 19.2 Å². The lowest BCUT2D eigenvalue weighted by atomic mass is 9.83. The van der Waals surface area contributed by atoms with Crippen molar-refractivity contribution < 1.29 is 28.2 Å². The molecule has 0 saturated heterocycles. The molecule has 9 nitrogen and oxygen atoms in total. The molecule has 1 aromatic heterocycles. The number of rotatable bonds is 7. The van der Waals surface area contributed by atoms with Crippen LogP contribution in [0.5, 0.6) is 23.0 Å². The zero-order valence-electron chi connectivity index (χ0n) is 23.2. The summed E-state index contributed by atoms with van der Waals surface area (Å²) in [6.45, 7) is 0.298. The second-order valence-corrected chi connectivity index (χ2v) is 10.3. The van der Waals surface area contributed by atoms with Gasteiger partial charge < -0.3 is 29.1 Å². The van der Waals surface area contributed by atoms with E-state index < -0.39 is 17.5 Å². The summed E-state index contributed by atoms with van der Waals surface area (Å²) in [5.74, 6) is -0.237. The number of hydrogen-bond donors (Lipinski definition) is 1. The van der Waals surface area contributed by atoms with Gasteiger partial charge in [-0.3, -0.25) is 0 Å². The fourth-order valence-corrected chi connectivity index (χ4v) is 5.06. The smallest absolute Gasteiger partial charge is 0.351 e. The monoisotopic (exact) mass is 606 g/mol. The van der Waals surface area contributed by atoms with Crippen molar-refractivity contribution in [3.05, 3.63) is 140 Å². The molecule has 2 N–H and O–H groups in total. The lowest BCUT2D eigenvalue weighted by Crippen LogP contribution is -2.22. The van der Waals surface area contributed by atoms with Crippen molar-refractivity contribution in [2.75, 3.05) is 7.11 Å². The summed E-state index contributed by atoms with van der Waals surface area (Å²) in [4.78, 5) is 25.4. The Kier molecular flexibility index (Phi) is 7.67. The maximum atomic E-state index is 12.9. The first-order valence-corrected chi connectivity index (χ1v) is 13.7. The third-order valence-electron chi connectivity index (χ3n) is 7.09. The number of para-hydroxylation sites is 1. The molecular weight excluding hydrogens is 584 g/mol. The first kappa shape index (κ1) is 28.4. The van der Waals surface area contributed by atoms with Gasteiger partial charge in [-0.2, -0.15) is 5.26 Å². The normalized spacial score (nSPS) is 13.9. The van der Waals surface area contributed by atoms with E-state index in [2.05, 4.69) is 6.07 Å². The van der Waals surface area contributed by atoms with E-state index in [1.54, 1.807) is 60.7 Å². The minimum atomic E-state index is -0.892. The molecule has 218 valence electrons. The van der Waals surface area contributed by atoms with Crippen LogP contribution in [0, 0.1) is 11.3 Å². The lowest BCUT2D eigenvalue weighted by Gasteiger charge is -2.27. The summed E-state index contributed by atoms with van der Waals surface area (Å²) >= 11 is 5.97. The van der Waals surface area contributed by atoms with Crippen molar-refractivity contribution in [3.63, 3.8) is 0 Å². The van der Waals surface area contributed by atoms with Crippen molar-refractivity contribution in [1.29, 1.82) is 5.26 Å². The van der Waals surface area contributed by atoms with Gasteiger partial charge >= 0.3 is 11.6 Å². The number of ether oxygens (including phenoxy) is 4. The van der Waals surface area contributed by atoms with Gasteiger partial charge in [-0.15, -0.1) is 0 Å². The molecule has 0 bridgehead atoms.